The molecule has 0 aliphatic carbocycles. The normalized spacial score (nSPS) is 16.2. The number of halogens is 3. The van der Waals surface area contributed by atoms with Crippen molar-refractivity contribution in [3.8, 4) is 17.1 Å². The highest BCUT2D eigenvalue weighted by Gasteiger charge is 2.34. The number of alkyl halides is 3. The van der Waals surface area contributed by atoms with Crippen molar-refractivity contribution >= 4 is 35.2 Å². The van der Waals surface area contributed by atoms with E-state index in [0.29, 0.717) is 0 Å². The number of ether oxygens (including phenoxy) is 1. The second kappa shape index (κ2) is 7.92. The number of benzene rings is 1. The molecule has 1 N–H and O–H groups in total. The first-order valence-electron chi connectivity index (χ1n) is 8.14. The Balaban J connectivity index is 1.93. The number of hydrogen-bond donors (Lipinski definition) is 1. The molecule has 150 valence electrons. The van der Waals surface area contributed by atoms with Crippen molar-refractivity contribution in [1.29, 1.82) is 0 Å². The van der Waals surface area contributed by atoms with Gasteiger partial charge in [0.15, 0.2) is 5.11 Å². The van der Waals surface area contributed by atoms with Crippen LogP contribution in [0.15, 0.2) is 59.0 Å². The minimum Gasteiger partial charge on any atom is -0.457 e. The molecule has 0 bridgehead atoms. The summed E-state index contributed by atoms with van der Waals surface area (Å²) in [6.07, 6.45) is -2.23. The third-order valence-electron chi connectivity index (χ3n) is 3.79. The summed E-state index contributed by atoms with van der Waals surface area (Å²) >= 11 is 4.96. The molecule has 1 aromatic carbocycles. The van der Waals surface area contributed by atoms with Gasteiger partial charge in [-0.2, -0.15) is 0 Å². The lowest BCUT2D eigenvalue weighted by atomic mass is 10.1. The zero-order valence-electron chi connectivity index (χ0n) is 14.7. The van der Waals surface area contributed by atoms with Gasteiger partial charge in [-0.15, -0.1) is 19.8 Å². The van der Waals surface area contributed by atoms with Crippen LogP contribution in [0.4, 0.5) is 13.2 Å². The van der Waals surface area contributed by atoms with Crippen LogP contribution in [-0.2, 0) is 9.59 Å². The fourth-order valence-electron chi connectivity index (χ4n) is 2.59. The molecule has 0 spiro atoms. The van der Waals surface area contributed by atoms with E-state index in [-0.39, 0.29) is 34.3 Å². The second-order valence-corrected chi connectivity index (χ2v) is 6.15. The van der Waals surface area contributed by atoms with Crippen LogP contribution in [0.1, 0.15) is 5.76 Å². The number of carbonyl (C=O) groups excluding carboxylic acids is 2. The molecule has 10 heteroatoms. The number of hydrogen-bond acceptors (Lipinski definition) is 5. The monoisotopic (exact) mass is 422 g/mol. The predicted octanol–water partition coefficient (Wildman–Crippen LogP) is 3.66. The summed E-state index contributed by atoms with van der Waals surface area (Å²) in [4.78, 5) is 25.8. The van der Waals surface area contributed by atoms with E-state index in [4.69, 9.17) is 16.6 Å². The Morgan fingerprint density at radius 2 is 1.93 bits per heavy atom. The van der Waals surface area contributed by atoms with Crippen molar-refractivity contribution in [2.24, 2.45) is 0 Å². The number of carbonyl (C=O) groups is 2. The summed E-state index contributed by atoms with van der Waals surface area (Å²) < 4.78 is 47.3. The van der Waals surface area contributed by atoms with E-state index in [1.165, 1.54) is 42.5 Å². The van der Waals surface area contributed by atoms with E-state index in [0.717, 1.165) is 11.0 Å². The van der Waals surface area contributed by atoms with Crippen LogP contribution < -0.4 is 10.1 Å². The summed E-state index contributed by atoms with van der Waals surface area (Å²) in [6, 6.07) is 8.26. The summed E-state index contributed by atoms with van der Waals surface area (Å²) in [5.41, 5.74) is -0.176. The summed E-state index contributed by atoms with van der Waals surface area (Å²) in [6.45, 7) is 3.62. The highest BCUT2D eigenvalue weighted by Crippen LogP contribution is 2.35. The Hall–Kier alpha value is -3.40. The molecule has 0 atom stereocenters. The fraction of sp³-hybridized carbons (Fsp3) is 0.105. The first-order valence-corrected chi connectivity index (χ1v) is 8.55. The van der Waals surface area contributed by atoms with Crippen LogP contribution in [-0.4, -0.2) is 34.7 Å². The molecule has 2 amide bonds. The Bertz CT molecular complexity index is 1030. The zero-order chi connectivity index (χ0) is 21.2. The van der Waals surface area contributed by atoms with Crippen LogP contribution >= 0.6 is 12.2 Å². The van der Waals surface area contributed by atoms with E-state index >= 15 is 0 Å². The molecule has 6 nitrogen and oxygen atoms in total. The molecule has 0 radical (unpaired) electrons. The molecule has 1 aromatic heterocycles. The molecule has 1 aliphatic rings. The van der Waals surface area contributed by atoms with Gasteiger partial charge in [-0.25, -0.2) is 0 Å². The fourth-order valence-corrected chi connectivity index (χ4v) is 2.84. The van der Waals surface area contributed by atoms with Crippen molar-refractivity contribution in [3.05, 3.63) is 60.4 Å². The Labute approximate surface area is 168 Å². The maximum Gasteiger partial charge on any atom is 0.573 e. The maximum atomic E-state index is 12.6. The first-order chi connectivity index (χ1) is 13.7. The lowest BCUT2D eigenvalue weighted by Crippen LogP contribution is -2.53. The molecule has 2 heterocycles. The molecule has 3 rings (SSSR count). The summed E-state index contributed by atoms with van der Waals surface area (Å²) in [7, 11) is 0. The molecule has 1 saturated heterocycles. The van der Waals surface area contributed by atoms with Gasteiger partial charge in [-0.3, -0.25) is 19.8 Å². The molecule has 0 saturated carbocycles. The van der Waals surface area contributed by atoms with Gasteiger partial charge in [0.2, 0.25) is 0 Å². The average Bonchev–Trinajstić information content (AvgIpc) is 3.10. The van der Waals surface area contributed by atoms with Gasteiger partial charge < -0.3 is 9.15 Å². The van der Waals surface area contributed by atoms with Gasteiger partial charge in [-0.05, 0) is 42.6 Å². The largest absolute Gasteiger partial charge is 0.573 e. The molecular formula is C19H13F3N2O4S. The third-order valence-corrected chi connectivity index (χ3v) is 4.11. The van der Waals surface area contributed by atoms with E-state index in [9.17, 15) is 22.8 Å². The van der Waals surface area contributed by atoms with Gasteiger partial charge in [0.25, 0.3) is 11.8 Å². The second-order valence-electron chi connectivity index (χ2n) is 5.77. The molecule has 1 aliphatic heterocycles. The van der Waals surface area contributed by atoms with Crippen molar-refractivity contribution in [2.75, 3.05) is 6.54 Å². The number of thiocarbonyl (C=S) groups is 1. The van der Waals surface area contributed by atoms with Gasteiger partial charge in [0.1, 0.15) is 22.8 Å². The molecular weight excluding hydrogens is 409 g/mol. The lowest BCUT2D eigenvalue weighted by molar-refractivity contribution is -0.274. The van der Waals surface area contributed by atoms with Crippen LogP contribution in [0.3, 0.4) is 0 Å². The number of furan rings is 1. The quantitative estimate of drug-likeness (QED) is 0.345. The first kappa shape index (κ1) is 20.3. The minimum absolute atomic E-state index is 0.0459. The Morgan fingerprint density at radius 1 is 1.21 bits per heavy atom. The Morgan fingerprint density at radius 3 is 2.62 bits per heavy atom. The van der Waals surface area contributed by atoms with Crippen molar-refractivity contribution in [1.82, 2.24) is 10.2 Å². The molecule has 29 heavy (non-hydrogen) atoms. The van der Waals surface area contributed by atoms with Gasteiger partial charge in [-0.1, -0.05) is 18.2 Å². The van der Waals surface area contributed by atoms with Gasteiger partial charge >= 0.3 is 6.36 Å². The number of nitrogens with zero attached hydrogens (tertiary/aromatic N) is 1. The lowest BCUT2D eigenvalue weighted by Gasteiger charge is -2.27. The van der Waals surface area contributed by atoms with Crippen LogP contribution in [0.2, 0.25) is 0 Å². The Kier molecular flexibility index (Phi) is 5.55. The summed E-state index contributed by atoms with van der Waals surface area (Å²) in [5.74, 6) is -1.63. The van der Waals surface area contributed by atoms with Crippen molar-refractivity contribution in [2.45, 2.75) is 6.36 Å². The molecule has 0 unspecified atom stereocenters. The van der Waals surface area contributed by atoms with E-state index in [1.807, 2.05) is 0 Å². The highest BCUT2D eigenvalue weighted by atomic mass is 32.1. The van der Waals surface area contributed by atoms with Crippen molar-refractivity contribution in [3.63, 3.8) is 0 Å². The molecule has 1 fully saturated rings. The maximum absolute atomic E-state index is 12.6. The average molecular weight is 422 g/mol. The van der Waals surface area contributed by atoms with E-state index in [2.05, 4.69) is 16.6 Å². The van der Waals surface area contributed by atoms with Crippen LogP contribution in [0, 0.1) is 0 Å². The van der Waals surface area contributed by atoms with E-state index < -0.39 is 23.9 Å². The minimum atomic E-state index is -4.87. The van der Waals surface area contributed by atoms with E-state index in [1.54, 1.807) is 0 Å². The zero-order valence-corrected chi connectivity index (χ0v) is 15.5. The number of para-hydroxylation sites is 1. The topological polar surface area (TPSA) is 71.8 Å². The van der Waals surface area contributed by atoms with Gasteiger partial charge in [0.05, 0.1) is 5.56 Å². The third kappa shape index (κ3) is 4.54. The number of nitrogens with one attached hydrogen (secondary N) is 1. The number of amides is 2. The predicted molar refractivity (Wildman–Crippen MR) is 101 cm³/mol. The van der Waals surface area contributed by atoms with Crippen LogP contribution in [0.25, 0.3) is 17.4 Å². The van der Waals surface area contributed by atoms with Crippen LogP contribution in [0.5, 0.6) is 5.75 Å². The van der Waals surface area contributed by atoms with Gasteiger partial charge in [0, 0.05) is 6.54 Å². The highest BCUT2D eigenvalue weighted by molar-refractivity contribution is 7.80. The standard InChI is InChI=1S/C19H13F3N2O4S/c1-2-9-24-17(26)13(16(25)23-18(24)29)10-11-7-8-14(27-11)12-5-3-4-6-15(12)28-19(20,21)22/h2-8,10H,1,9H2,(H,23,25,29)/b13-10+. The molecule has 2 aromatic rings. The smallest absolute Gasteiger partial charge is 0.457 e. The SMILES string of the molecule is C=CCN1C(=O)/C(=C/c2ccc(-c3ccccc3OC(F)(F)F)o2)C(=O)NC1=S. The summed E-state index contributed by atoms with van der Waals surface area (Å²) in [5, 5.41) is 2.34. The number of rotatable bonds is 5. The van der Waals surface area contributed by atoms with Crippen molar-refractivity contribution < 1.29 is 31.9 Å².